The summed E-state index contributed by atoms with van der Waals surface area (Å²) in [6, 6.07) is 5.43. The Kier molecular flexibility index (Phi) is 8.16. The van der Waals surface area contributed by atoms with Gasteiger partial charge in [-0.15, -0.1) is 11.3 Å². The first-order valence-corrected chi connectivity index (χ1v) is 15.8. The first-order valence-electron chi connectivity index (χ1n) is 13.1. The van der Waals surface area contributed by atoms with E-state index in [1.54, 1.807) is 35.3 Å². The number of hydrogen-bond donors (Lipinski definition) is 2. The van der Waals surface area contributed by atoms with Crippen molar-refractivity contribution in [3.05, 3.63) is 62.9 Å². The largest absolute Gasteiger partial charge is 0.435 e. The van der Waals surface area contributed by atoms with Crippen LogP contribution in [0.3, 0.4) is 0 Å². The van der Waals surface area contributed by atoms with E-state index in [1.165, 1.54) is 6.92 Å². The minimum Gasteiger partial charge on any atom is -0.382 e. The number of carbonyl (C=O) groups excluding carboxylic acids is 1. The van der Waals surface area contributed by atoms with Gasteiger partial charge < -0.3 is 9.08 Å². The van der Waals surface area contributed by atoms with Gasteiger partial charge in [0.1, 0.15) is 18.0 Å². The van der Waals surface area contributed by atoms with E-state index in [-0.39, 0.29) is 23.7 Å². The number of carbonyl (C=O) groups is 1. The molecule has 0 spiro atoms. The minimum absolute atomic E-state index is 0.161. The van der Waals surface area contributed by atoms with Crippen molar-refractivity contribution in [1.29, 1.82) is 0 Å². The van der Waals surface area contributed by atoms with E-state index >= 15 is 0 Å². The topological polar surface area (TPSA) is 118 Å². The number of aromatic nitrogens is 3. The zero-order valence-electron chi connectivity index (χ0n) is 22.7. The highest BCUT2D eigenvalue weighted by atomic mass is 32.2. The first-order chi connectivity index (χ1) is 19.3. The Bertz CT molecular complexity index is 1530. The van der Waals surface area contributed by atoms with Crippen molar-refractivity contribution in [1.82, 2.24) is 30.3 Å². The van der Waals surface area contributed by atoms with Crippen LogP contribution in [0.25, 0.3) is 0 Å². The molecular formula is C26H31F3N6O4S2. The van der Waals surface area contributed by atoms with E-state index in [9.17, 15) is 26.4 Å². The van der Waals surface area contributed by atoms with Crippen molar-refractivity contribution in [2.75, 3.05) is 19.3 Å². The van der Waals surface area contributed by atoms with Crippen LogP contribution >= 0.6 is 11.3 Å². The summed E-state index contributed by atoms with van der Waals surface area (Å²) in [5.41, 5.74) is 1.81. The average Bonchev–Trinajstić information content (AvgIpc) is 3.49. The second-order valence-corrected chi connectivity index (χ2v) is 12.8. The highest BCUT2D eigenvalue weighted by Crippen LogP contribution is 2.34. The maximum atomic E-state index is 13.1. The molecule has 2 N–H and O–H groups in total. The summed E-state index contributed by atoms with van der Waals surface area (Å²) in [7, 11) is -3.66. The summed E-state index contributed by atoms with van der Waals surface area (Å²) in [4.78, 5) is 19.7. The molecule has 1 fully saturated rings. The molecule has 0 radical (unpaired) electrons. The van der Waals surface area contributed by atoms with Crippen LogP contribution in [0.4, 0.5) is 13.2 Å². The number of nitrogens with zero attached hydrogens (tertiary/aromatic N) is 4. The zero-order valence-corrected chi connectivity index (χ0v) is 24.4. The second kappa shape index (κ2) is 11.3. The molecule has 0 aliphatic carbocycles. The Morgan fingerprint density at radius 1 is 1.20 bits per heavy atom. The number of amides is 1. The highest BCUT2D eigenvalue weighted by molar-refractivity contribution is 7.86. The van der Waals surface area contributed by atoms with Crippen LogP contribution in [0.1, 0.15) is 71.1 Å². The summed E-state index contributed by atoms with van der Waals surface area (Å²) in [6.45, 7) is 4.94. The van der Waals surface area contributed by atoms with Crippen molar-refractivity contribution in [3.63, 3.8) is 0 Å². The molecule has 5 rings (SSSR count). The molecule has 1 amide bonds. The lowest BCUT2D eigenvalue weighted by atomic mass is 9.97. The van der Waals surface area contributed by atoms with Gasteiger partial charge in [0, 0.05) is 48.7 Å². The smallest absolute Gasteiger partial charge is 0.382 e. The van der Waals surface area contributed by atoms with Crippen molar-refractivity contribution in [2.24, 2.45) is 0 Å². The number of fused-ring (bicyclic) bond motifs is 1. The van der Waals surface area contributed by atoms with Gasteiger partial charge in [-0.2, -0.15) is 26.7 Å². The van der Waals surface area contributed by atoms with Gasteiger partial charge in [-0.3, -0.25) is 20.1 Å². The number of halogens is 3. The van der Waals surface area contributed by atoms with Crippen molar-refractivity contribution in [3.8, 4) is 5.75 Å². The van der Waals surface area contributed by atoms with E-state index in [0.29, 0.717) is 44.8 Å². The molecule has 2 atom stereocenters. The molecule has 2 aliphatic heterocycles. The molecule has 4 heterocycles. The van der Waals surface area contributed by atoms with Crippen LogP contribution in [0.2, 0.25) is 0 Å². The molecule has 2 aromatic heterocycles. The number of piperidine rings is 1. The van der Waals surface area contributed by atoms with E-state index in [0.717, 1.165) is 38.8 Å². The van der Waals surface area contributed by atoms with Gasteiger partial charge >= 0.3 is 16.3 Å². The number of likely N-dealkylation sites (tertiary alicyclic amines) is 1. The molecule has 41 heavy (non-hydrogen) atoms. The number of thiazole rings is 1. The van der Waals surface area contributed by atoms with Crippen molar-refractivity contribution in [2.45, 2.75) is 64.1 Å². The van der Waals surface area contributed by atoms with Crippen LogP contribution in [-0.2, 0) is 34.2 Å². The summed E-state index contributed by atoms with van der Waals surface area (Å²) in [5.74, 6) is 0.209. The average molecular weight is 613 g/mol. The number of rotatable bonds is 6. The lowest BCUT2D eigenvalue weighted by molar-refractivity contribution is -0.142. The minimum atomic E-state index is -4.56. The maximum Gasteiger partial charge on any atom is 0.435 e. The van der Waals surface area contributed by atoms with Gasteiger partial charge in [0.2, 0.25) is 5.91 Å². The monoisotopic (exact) mass is 612 g/mol. The lowest BCUT2D eigenvalue weighted by Gasteiger charge is -2.33. The third kappa shape index (κ3) is 6.58. The SMILES string of the molecule is Cc1cc(C(F)(F)F)nn1C(C)C(=O)N1CCC(c2nc(C3NCc4cccc(OS(C)(=O)=O)c4CN3)cs2)CC1. The molecule has 1 saturated heterocycles. The fraction of sp³-hybridized carbons (Fsp3) is 0.500. The zero-order chi connectivity index (χ0) is 29.5. The third-order valence-corrected chi connectivity index (χ3v) is 8.89. The van der Waals surface area contributed by atoms with E-state index in [4.69, 9.17) is 9.17 Å². The van der Waals surface area contributed by atoms with Crippen molar-refractivity contribution < 1.29 is 30.6 Å². The molecule has 15 heteroatoms. The summed E-state index contributed by atoms with van der Waals surface area (Å²) >= 11 is 1.55. The van der Waals surface area contributed by atoms with Crippen LogP contribution in [0.5, 0.6) is 5.75 Å². The number of alkyl halides is 3. The fourth-order valence-electron chi connectivity index (χ4n) is 5.27. The number of aryl methyl sites for hydroxylation is 1. The Morgan fingerprint density at radius 3 is 2.56 bits per heavy atom. The van der Waals surface area contributed by atoms with Crippen LogP contribution in [0, 0.1) is 6.92 Å². The molecular weight excluding hydrogens is 581 g/mol. The fourth-order valence-corrected chi connectivity index (χ4v) is 6.77. The predicted molar refractivity (Wildman–Crippen MR) is 146 cm³/mol. The molecule has 2 aliphatic rings. The summed E-state index contributed by atoms with van der Waals surface area (Å²) < 4.78 is 68.9. The van der Waals surface area contributed by atoms with E-state index < -0.39 is 28.0 Å². The maximum absolute atomic E-state index is 13.1. The normalized spacial score (nSPS) is 19.5. The number of nitrogens with one attached hydrogen (secondary N) is 2. The van der Waals surface area contributed by atoms with Gasteiger partial charge in [0.15, 0.2) is 5.69 Å². The number of benzene rings is 1. The quantitative estimate of drug-likeness (QED) is 0.403. The molecule has 0 saturated carbocycles. The first kappa shape index (κ1) is 29.5. The standard InChI is InChI=1S/C26H31F3N6O4S2/c1-15-11-22(26(27,28)29)33-35(15)16(2)25(36)34-9-7-17(8-10-34)24-32-20(14-40-24)23-30-12-18-5-4-6-21(19(18)13-31-23)39-41(3,37)38/h4-6,11,14,16-17,23,30-31H,7-10,12-13H2,1-3H3. The van der Waals surface area contributed by atoms with Crippen LogP contribution in [0.15, 0.2) is 29.6 Å². The molecule has 10 nitrogen and oxygen atoms in total. The van der Waals surface area contributed by atoms with Gasteiger partial charge in [-0.25, -0.2) is 4.98 Å². The Labute approximate surface area is 240 Å². The van der Waals surface area contributed by atoms with Crippen molar-refractivity contribution >= 4 is 27.4 Å². The van der Waals surface area contributed by atoms with E-state index in [2.05, 4.69) is 15.7 Å². The van der Waals surface area contributed by atoms with Crippen LogP contribution in [-0.4, -0.2) is 53.3 Å². The molecule has 2 unspecified atom stereocenters. The Morgan fingerprint density at radius 2 is 1.90 bits per heavy atom. The van der Waals surface area contributed by atoms with Gasteiger partial charge in [-0.05, 0) is 44.4 Å². The Balaban J connectivity index is 1.19. The van der Waals surface area contributed by atoms with Gasteiger partial charge in [-0.1, -0.05) is 12.1 Å². The third-order valence-electron chi connectivity index (χ3n) is 7.38. The van der Waals surface area contributed by atoms with Crippen LogP contribution < -0.4 is 14.8 Å². The lowest BCUT2D eigenvalue weighted by Crippen LogP contribution is -2.41. The highest BCUT2D eigenvalue weighted by Gasteiger charge is 2.36. The predicted octanol–water partition coefficient (Wildman–Crippen LogP) is 3.86. The summed E-state index contributed by atoms with van der Waals surface area (Å²) in [5, 5.41) is 13.4. The number of hydrogen-bond acceptors (Lipinski definition) is 9. The van der Waals surface area contributed by atoms with Gasteiger partial charge in [0.05, 0.1) is 17.0 Å². The molecule has 1 aromatic carbocycles. The Hall–Kier alpha value is -3.01. The second-order valence-electron chi connectivity index (χ2n) is 10.4. The molecule has 0 bridgehead atoms. The molecule has 3 aromatic rings. The van der Waals surface area contributed by atoms with Gasteiger partial charge in [0.25, 0.3) is 0 Å². The summed E-state index contributed by atoms with van der Waals surface area (Å²) in [6.07, 6.45) is -2.41. The molecule has 222 valence electrons. The van der Waals surface area contributed by atoms with E-state index in [1.807, 2.05) is 11.4 Å².